The van der Waals surface area contributed by atoms with Crippen molar-refractivity contribution >= 4 is 15.9 Å². The topological polar surface area (TPSA) is 55.9 Å². The highest BCUT2D eigenvalue weighted by Crippen LogP contribution is 2.35. The van der Waals surface area contributed by atoms with E-state index in [9.17, 15) is 0 Å². The van der Waals surface area contributed by atoms with Crippen molar-refractivity contribution in [2.45, 2.75) is 45.6 Å². The van der Waals surface area contributed by atoms with Crippen LogP contribution < -0.4 is 11.3 Å². The summed E-state index contributed by atoms with van der Waals surface area (Å²) in [7, 11) is 2.00. The molecule has 0 bridgehead atoms. The van der Waals surface area contributed by atoms with Crippen LogP contribution in [-0.4, -0.2) is 15.8 Å². The fourth-order valence-corrected chi connectivity index (χ4v) is 3.71. The van der Waals surface area contributed by atoms with E-state index in [1.54, 1.807) is 0 Å². The molecule has 4 nitrogen and oxygen atoms in total. The number of hydrogen-bond donors (Lipinski definition) is 2. The van der Waals surface area contributed by atoms with Gasteiger partial charge in [0.05, 0.1) is 15.9 Å². The van der Waals surface area contributed by atoms with Crippen LogP contribution in [0.25, 0.3) is 0 Å². The molecule has 102 valence electrons. The quantitative estimate of drug-likeness (QED) is 0.662. The van der Waals surface area contributed by atoms with Crippen LogP contribution in [-0.2, 0) is 13.5 Å². The number of aromatic nitrogens is 2. The van der Waals surface area contributed by atoms with Crippen molar-refractivity contribution < 1.29 is 0 Å². The van der Waals surface area contributed by atoms with E-state index in [0.29, 0.717) is 12.0 Å². The number of rotatable bonds is 4. The van der Waals surface area contributed by atoms with Crippen molar-refractivity contribution in [3.05, 3.63) is 15.9 Å². The molecule has 1 aliphatic rings. The summed E-state index contributed by atoms with van der Waals surface area (Å²) in [5.41, 5.74) is 5.30. The number of nitrogens with two attached hydrogens (primary N) is 1. The minimum Gasteiger partial charge on any atom is -0.271 e. The molecular formula is C13H23BrN4. The summed E-state index contributed by atoms with van der Waals surface area (Å²) in [6, 6.07) is 0.341. The standard InChI is InChI=1S/C13H23BrN4/c1-8-5-4-6-10(8)11(16-15)7-12-13(14)9(2)17-18(12)3/h8,10-11,16H,4-7,15H2,1-3H3. The summed E-state index contributed by atoms with van der Waals surface area (Å²) in [5.74, 6) is 7.22. The van der Waals surface area contributed by atoms with Gasteiger partial charge in [0.2, 0.25) is 0 Å². The van der Waals surface area contributed by atoms with Gasteiger partial charge in [-0.1, -0.05) is 19.8 Å². The van der Waals surface area contributed by atoms with Gasteiger partial charge in [0.1, 0.15) is 0 Å². The number of hydrazine groups is 1. The van der Waals surface area contributed by atoms with E-state index in [2.05, 4.69) is 33.4 Å². The zero-order valence-corrected chi connectivity index (χ0v) is 13.0. The fourth-order valence-electron chi connectivity index (χ4n) is 3.22. The second kappa shape index (κ2) is 5.72. The molecule has 1 fully saturated rings. The van der Waals surface area contributed by atoms with E-state index in [-0.39, 0.29) is 0 Å². The van der Waals surface area contributed by atoms with E-state index >= 15 is 0 Å². The Hall–Kier alpha value is -0.390. The maximum atomic E-state index is 5.77. The minimum atomic E-state index is 0.341. The Kier molecular flexibility index (Phi) is 4.45. The lowest BCUT2D eigenvalue weighted by molar-refractivity contribution is 0.294. The second-order valence-corrected chi connectivity index (χ2v) is 6.31. The number of aryl methyl sites for hydroxylation is 2. The lowest BCUT2D eigenvalue weighted by Gasteiger charge is -2.26. The van der Waals surface area contributed by atoms with Crippen LogP contribution >= 0.6 is 15.9 Å². The van der Waals surface area contributed by atoms with Crippen LogP contribution in [0, 0.1) is 18.8 Å². The van der Waals surface area contributed by atoms with Gasteiger partial charge >= 0.3 is 0 Å². The Morgan fingerprint density at radius 3 is 2.72 bits per heavy atom. The maximum Gasteiger partial charge on any atom is 0.0738 e. The molecule has 1 heterocycles. The summed E-state index contributed by atoms with van der Waals surface area (Å²) in [6.07, 6.45) is 4.87. The SMILES string of the molecule is Cc1nn(C)c(CC(NN)C2CCCC2C)c1Br. The molecule has 0 spiro atoms. The summed E-state index contributed by atoms with van der Waals surface area (Å²) in [6.45, 7) is 4.36. The average molecular weight is 315 g/mol. The van der Waals surface area contributed by atoms with Gasteiger partial charge in [-0.3, -0.25) is 16.0 Å². The zero-order chi connectivity index (χ0) is 13.3. The zero-order valence-electron chi connectivity index (χ0n) is 11.4. The molecule has 18 heavy (non-hydrogen) atoms. The molecule has 5 heteroatoms. The second-order valence-electron chi connectivity index (χ2n) is 5.52. The number of nitrogens with zero attached hydrogens (tertiary/aromatic N) is 2. The van der Waals surface area contributed by atoms with Gasteiger partial charge in [-0.05, 0) is 41.1 Å². The van der Waals surface area contributed by atoms with Crippen molar-refractivity contribution in [3.8, 4) is 0 Å². The highest BCUT2D eigenvalue weighted by Gasteiger charge is 2.31. The predicted molar refractivity (Wildman–Crippen MR) is 77.0 cm³/mol. The molecule has 0 saturated heterocycles. The molecule has 3 unspecified atom stereocenters. The van der Waals surface area contributed by atoms with Crippen LogP contribution in [0.4, 0.5) is 0 Å². The van der Waals surface area contributed by atoms with E-state index in [0.717, 1.165) is 22.5 Å². The number of hydrogen-bond acceptors (Lipinski definition) is 3. The number of nitrogens with one attached hydrogen (secondary N) is 1. The van der Waals surface area contributed by atoms with Gasteiger partial charge in [0.25, 0.3) is 0 Å². The summed E-state index contributed by atoms with van der Waals surface area (Å²) >= 11 is 3.63. The van der Waals surface area contributed by atoms with Crippen LogP contribution in [0.15, 0.2) is 4.47 Å². The van der Waals surface area contributed by atoms with Crippen LogP contribution in [0.1, 0.15) is 37.6 Å². The van der Waals surface area contributed by atoms with Crippen molar-refractivity contribution in [2.75, 3.05) is 0 Å². The van der Waals surface area contributed by atoms with Crippen LogP contribution in [0.2, 0.25) is 0 Å². The molecular weight excluding hydrogens is 292 g/mol. The highest BCUT2D eigenvalue weighted by atomic mass is 79.9. The first-order valence-corrected chi connectivity index (χ1v) is 7.48. The van der Waals surface area contributed by atoms with E-state index < -0.39 is 0 Å². The van der Waals surface area contributed by atoms with Gasteiger partial charge in [0, 0.05) is 19.5 Å². The maximum absolute atomic E-state index is 5.77. The van der Waals surface area contributed by atoms with Gasteiger partial charge in [-0.25, -0.2) is 0 Å². The van der Waals surface area contributed by atoms with Gasteiger partial charge in [-0.15, -0.1) is 0 Å². The lowest BCUT2D eigenvalue weighted by Crippen LogP contribution is -2.43. The third-order valence-electron chi connectivity index (χ3n) is 4.33. The predicted octanol–water partition coefficient (Wildman–Crippen LogP) is 2.30. The largest absolute Gasteiger partial charge is 0.271 e. The van der Waals surface area contributed by atoms with E-state index in [4.69, 9.17) is 5.84 Å². The Balaban J connectivity index is 2.15. The Bertz CT molecular complexity index is 415. The molecule has 3 atom stereocenters. The van der Waals surface area contributed by atoms with Crippen molar-refractivity contribution in [3.63, 3.8) is 0 Å². The first kappa shape index (κ1) is 14.0. The lowest BCUT2D eigenvalue weighted by atomic mass is 9.88. The van der Waals surface area contributed by atoms with Crippen LogP contribution in [0.5, 0.6) is 0 Å². The smallest absolute Gasteiger partial charge is 0.0738 e. The Morgan fingerprint density at radius 1 is 1.56 bits per heavy atom. The molecule has 3 N–H and O–H groups in total. The highest BCUT2D eigenvalue weighted by molar-refractivity contribution is 9.10. The summed E-state index contributed by atoms with van der Waals surface area (Å²) in [4.78, 5) is 0. The molecule has 0 radical (unpaired) electrons. The molecule has 1 aromatic heterocycles. The van der Waals surface area contributed by atoms with Crippen molar-refractivity contribution in [1.82, 2.24) is 15.2 Å². The molecule has 1 aliphatic carbocycles. The first-order valence-electron chi connectivity index (χ1n) is 6.68. The van der Waals surface area contributed by atoms with Crippen molar-refractivity contribution in [2.24, 2.45) is 24.7 Å². The number of halogens is 1. The molecule has 2 rings (SSSR count). The molecule has 0 aliphatic heterocycles. The average Bonchev–Trinajstić information content (AvgIpc) is 2.84. The Labute approximate surface area is 117 Å². The first-order chi connectivity index (χ1) is 8.54. The molecule has 1 aromatic rings. The van der Waals surface area contributed by atoms with E-state index in [1.165, 1.54) is 25.0 Å². The fraction of sp³-hybridized carbons (Fsp3) is 0.769. The monoisotopic (exact) mass is 314 g/mol. The third-order valence-corrected chi connectivity index (χ3v) is 5.37. The molecule has 0 aromatic carbocycles. The third kappa shape index (κ3) is 2.63. The minimum absolute atomic E-state index is 0.341. The van der Waals surface area contributed by atoms with Gasteiger partial charge in [-0.2, -0.15) is 5.10 Å². The van der Waals surface area contributed by atoms with Gasteiger partial charge < -0.3 is 0 Å². The molecule has 1 saturated carbocycles. The van der Waals surface area contributed by atoms with E-state index in [1.807, 2.05) is 18.7 Å². The van der Waals surface area contributed by atoms with Gasteiger partial charge in [0.15, 0.2) is 0 Å². The molecule has 0 amide bonds. The van der Waals surface area contributed by atoms with Crippen molar-refractivity contribution in [1.29, 1.82) is 0 Å². The normalized spacial score (nSPS) is 25.6. The van der Waals surface area contributed by atoms with Crippen LogP contribution in [0.3, 0.4) is 0 Å². The Morgan fingerprint density at radius 2 is 2.28 bits per heavy atom. The summed E-state index contributed by atoms with van der Waals surface area (Å²) in [5, 5.41) is 4.44. The summed E-state index contributed by atoms with van der Waals surface area (Å²) < 4.78 is 3.08.